The minimum atomic E-state index is -0.133. The number of hydrogen-bond acceptors (Lipinski definition) is 3. The molecular weight excluding hydrogens is 261 g/mol. The van der Waals surface area contributed by atoms with E-state index in [1.807, 2.05) is 0 Å². The molecule has 1 aromatic carbocycles. The van der Waals surface area contributed by atoms with Crippen molar-refractivity contribution in [3.05, 3.63) is 27.7 Å². The van der Waals surface area contributed by atoms with Crippen LogP contribution in [0.15, 0.2) is 12.1 Å². The Hall–Kier alpha value is -0.970. The van der Waals surface area contributed by atoms with E-state index >= 15 is 0 Å². The molecule has 2 N–H and O–H groups in total. The lowest BCUT2D eigenvalue weighted by Crippen LogP contribution is -2.62. The zero-order valence-electron chi connectivity index (χ0n) is 8.96. The third-order valence-electron chi connectivity index (χ3n) is 3.11. The van der Waals surface area contributed by atoms with Gasteiger partial charge in [0.25, 0.3) is 5.91 Å². The molecule has 3 rings (SSSR count). The first-order valence-electron chi connectivity index (χ1n) is 5.44. The minimum absolute atomic E-state index is 0.0155. The molecule has 2 heterocycles. The predicted molar refractivity (Wildman–Crippen MR) is 67.9 cm³/mol. The fourth-order valence-corrected chi connectivity index (χ4v) is 2.92. The Kier molecular flexibility index (Phi) is 2.65. The summed E-state index contributed by atoms with van der Waals surface area (Å²) in [6.45, 7) is 2.44. The Labute approximate surface area is 109 Å². The molecule has 90 valence electrons. The van der Waals surface area contributed by atoms with E-state index in [9.17, 15) is 4.79 Å². The van der Waals surface area contributed by atoms with Crippen LogP contribution in [-0.2, 0) is 0 Å². The van der Waals surface area contributed by atoms with Crippen molar-refractivity contribution in [1.29, 1.82) is 0 Å². The van der Waals surface area contributed by atoms with Crippen LogP contribution in [0.1, 0.15) is 10.4 Å². The van der Waals surface area contributed by atoms with Gasteiger partial charge in [0, 0.05) is 24.7 Å². The first kappa shape index (κ1) is 11.1. The van der Waals surface area contributed by atoms with Crippen molar-refractivity contribution in [2.75, 3.05) is 24.5 Å². The summed E-state index contributed by atoms with van der Waals surface area (Å²) in [7, 11) is 0. The number of benzene rings is 1. The Bertz CT molecular complexity index is 492. The molecule has 0 spiro atoms. The van der Waals surface area contributed by atoms with Crippen molar-refractivity contribution < 1.29 is 4.79 Å². The summed E-state index contributed by atoms with van der Waals surface area (Å²) in [6, 6.07) is 3.41. The highest BCUT2D eigenvalue weighted by atomic mass is 35.5. The van der Waals surface area contributed by atoms with Crippen LogP contribution in [0.25, 0.3) is 0 Å². The molecule has 2 aliphatic rings. The van der Waals surface area contributed by atoms with Crippen LogP contribution in [0.5, 0.6) is 0 Å². The number of halogens is 2. The summed E-state index contributed by atoms with van der Waals surface area (Å²) in [6.07, 6.45) is -0.0155. The molecular formula is C11H11Cl2N3O. The highest BCUT2D eigenvalue weighted by Crippen LogP contribution is 2.35. The summed E-state index contributed by atoms with van der Waals surface area (Å²) in [5.41, 5.74) is 1.35. The first-order chi connectivity index (χ1) is 8.16. The van der Waals surface area contributed by atoms with Gasteiger partial charge in [0.2, 0.25) is 0 Å². The van der Waals surface area contributed by atoms with E-state index in [1.54, 1.807) is 12.1 Å². The van der Waals surface area contributed by atoms with E-state index in [1.165, 1.54) is 0 Å². The molecule has 0 aromatic heterocycles. The second kappa shape index (κ2) is 4.05. The second-order valence-electron chi connectivity index (χ2n) is 4.17. The van der Waals surface area contributed by atoms with Gasteiger partial charge < -0.3 is 15.5 Å². The van der Waals surface area contributed by atoms with Gasteiger partial charge in [0.15, 0.2) is 0 Å². The summed E-state index contributed by atoms with van der Waals surface area (Å²) in [5.74, 6) is -0.133. The normalized spacial score (nSPS) is 22.8. The van der Waals surface area contributed by atoms with Gasteiger partial charge in [-0.25, -0.2) is 0 Å². The van der Waals surface area contributed by atoms with Crippen molar-refractivity contribution in [3.63, 3.8) is 0 Å². The maximum atomic E-state index is 12.0. The highest BCUT2D eigenvalue weighted by Gasteiger charge is 2.33. The SMILES string of the molecule is O=C1NC2CNCCN2c2cc(Cl)cc(Cl)c21. The number of piperazine rings is 1. The number of hydrogen-bond donors (Lipinski definition) is 2. The molecule has 1 unspecified atom stereocenters. The van der Waals surface area contributed by atoms with Gasteiger partial charge in [0.1, 0.15) is 6.17 Å². The quantitative estimate of drug-likeness (QED) is 0.751. The molecule has 2 aliphatic heterocycles. The number of anilines is 1. The summed E-state index contributed by atoms with van der Waals surface area (Å²) in [4.78, 5) is 14.1. The third kappa shape index (κ3) is 1.76. The van der Waals surface area contributed by atoms with E-state index in [4.69, 9.17) is 23.2 Å². The standard InChI is InChI=1S/C11H11Cl2N3O/c12-6-3-7(13)10-8(4-6)16-2-1-14-5-9(16)15-11(10)17/h3-4,9,14H,1-2,5H2,(H,15,17). The number of nitrogens with one attached hydrogen (secondary N) is 2. The van der Waals surface area contributed by atoms with E-state index in [0.29, 0.717) is 15.6 Å². The lowest BCUT2D eigenvalue weighted by Gasteiger charge is -2.42. The maximum Gasteiger partial charge on any atom is 0.256 e. The lowest BCUT2D eigenvalue weighted by atomic mass is 10.1. The Morgan fingerprint density at radius 2 is 2.18 bits per heavy atom. The number of rotatable bonds is 0. The number of amides is 1. The average molecular weight is 272 g/mol. The van der Waals surface area contributed by atoms with Gasteiger partial charge in [-0.15, -0.1) is 0 Å². The van der Waals surface area contributed by atoms with Gasteiger partial charge in [-0.05, 0) is 12.1 Å². The van der Waals surface area contributed by atoms with Gasteiger partial charge in [-0.2, -0.15) is 0 Å². The third-order valence-corrected chi connectivity index (χ3v) is 3.63. The molecule has 1 amide bonds. The van der Waals surface area contributed by atoms with E-state index in [-0.39, 0.29) is 12.1 Å². The van der Waals surface area contributed by atoms with Crippen molar-refractivity contribution >= 4 is 34.8 Å². The van der Waals surface area contributed by atoms with Crippen molar-refractivity contribution in [1.82, 2.24) is 10.6 Å². The number of fused-ring (bicyclic) bond motifs is 3. The molecule has 17 heavy (non-hydrogen) atoms. The van der Waals surface area contributed by atoms with E-state index < -0.39 is 0 Å². The molecule has 1 fully saturated rings. The van der Waals surface area contributed by atoms with E-state index in [2.05, 4.69) is 15.5 Å². The summed E-state index contributed by atoms with van der Waals surface area (Å²) < 4.78 is 0. The van der Waals surface area contributed by atoms with Crippen LogP contribution < -0.4 is 15.5 Å². The zero-order valence-corrected chi connectivity index (χ0v) is 10.5. The van der Waals surface area contributed by atoms with Gasteiger partial charge in [-0.3, -0.25) is 4.79 Å². The van der Waals surface area contributed by atoms with Gasteiger partial charge >= 0.3 is 0 Å². The molecule has 4 nitrogen and oxygen atoms in total. The van der Waals surface area contributed by atoms with Crippen LogP contribution in [0, 0.1) is 0 Å². The van der Waals surface area contributed by atoms with E-state index in [0.717, 1.165) is 25.3 Å². The fourth-order valence-electron chi connectivity index (χ4n) is 2.36. The maximum absolute atomic E-state index is 12.0. The number of nitrogens with zero attached hydrogens (tertiary/aromatic N) is 1. The monoisotopic (exact) mass is 271 g/mol. The summed E-state index contributed by atoms with van der Waals surface area (Å²) >= 11 is 12.1. The highest BCUT2D eigenvalue weighted by molar-refractivity contribution is 6.38. The largest absolute Gasteiger partial charge is 0.348 e. The van der Waals surface area contributed by atoms with Crippen LogP contribution in [0.4, 0.5) is 5.69 Å². The molecule has 1 saturated heterocycles. The molecule has 0 aliphatic carbocycles. The van der Waals surface area contributed by atoms with Gasteiger partial charge in [-0.1, -0.05) is 23.2 Å². The second-order valence-corrected chi connectivity index (χ2v) is 5.01. The van der Waals surface area contributed by atoms with Crippen LogP contribution >= 0.6 is 23.2 Å². The predicted octanol–water partition coefficient (Wildman–Crippen LogP) is 1.47. The molecule has 0 saturated carbocycles. The topological polar surface area (TPSA) is 44.4 Å². The Morgan fingerprint density at radius 3 is 3.00 bits per heavy atom. The van der Waals surface area contributed by atoms with Crippen LogP contribution in [-0.4, -0.2) is 31.7 Å². The average Bonchev–Trinajstić information content (AvgIpc) is 2.28. The molecule has 6 heteroatoms. The number of carbonyl (C=O) groups excluding carboxylic acids is 1. The fraction of sp³-hybridized carbons (Fsp3) is 0.364. The van der Waals surface area contributed by atoms with Gasteiger partial charge in [0.05, 0.1) is 16.3 Å². The van der Waals surface area contributed by atoms with Crippen molar-refractivity contribution in [2.24, 2.45) is 0 Å². The van der Waals surface area contributed by atoms with Crippen LogP contribution in [0.3, 0.4) is 0 Å². The Morgan fingerprint density at radius 1 is 1.35 bits per heavy atom. The molecule has 1 aromatic rings. The number of carbonyl (C=O) groups is 1. The van der Waals surface area contributed by atoms with Crippen molar-refractivity contribution in [3.8, 4) is 0 Å². The molecule has 1 atom stereocenters. The minimum Gasteiger partial charge on any atom is -0.348 e. The lowest BCUT2D eigenvalue weighted by molar-refractivity contribution is 0.0923. The smallest absolute Gasteiger partial charge is 0.256 e. The van der Waals surface area contributed by atoms with Crippen LogP contribution in [0.2, 0.25) is 10.0 Å². The Balaban J connectivity index is 2.15. The summed E-state index contributed by atoms with van der Waals surface area (Å²) in [5, 5.41) is 7.13. The van der Waals surface area contributed by atoms with Crippen molar-refractivity contribution in [2.45, 2.75) is 6.17 Å². The first-order valence-corrected chi connectivity index (χ1v) is 6.19. The zero-order chi connectivity index (χ0) is 12.0. The molecule has 0 radical (unpaired) electrons. The molecule has 0 bridgehead atoms.